The molecule has 4 nitrogen and oxygen atoms in total. The molecule has 2 aromatic rings. The minimum atomic E-state index is -0.345. The van der Waals surface area contributed by atoms with E-state index in [2.05, 4.69) is 15.5 Å². The minimum Gasteiger partial charge on any atom is -0.489 e. The standard InChI is InChI=1S/C20H25ClFN3O/c21-19-2-1-3-20(22)18(19)15-26-17-6-4-16(5-7-17)14-24-10-13-25-11-8-23-9-12-25/h1-7,23-24H,8-15H2. The third kappa shape index (κ3) is 5.68. The van der Waals surface area contributed by atoms with Gasteiger partial charge in [-0.1, -0.05) is 29.8 Å². The summed E-state index contributed by atoms with van der Waals surface area (Å²) in [4.78, 5) is 2.47. The van der Waals surface area contributed by atoms with Crippen molar-refractivity contribution in [2.75, 3.05) is 39.3 Å². The number of ether oxygens (including phenoxy) is 1. The topological polar surface area (TPSA) is 36.5 Å². The molecule has 2 N–H and O–H groups in total. The van der Waals surface area contributed by atoms with Crippen LogP contribution in [0.25, 0.3) is 0 Å². The number of nitrogens with one attached hydrogen (secondary N) is 2. The van der Waals surface area contributed by atoms with Gasteiger partial charge >= 0.3 is 0 Å². The Morgan fingerprint density at radius 2 is 1.88 bits per heavy atom. The summed E-state index contributed by atoms with van der Waals surface area (Å²) in [6.45, 7) is 7.41. The largest absolute Gasteiger partial charge is 0.489 e. The van der Waals surface area contributed by atoms with Crippen molar-refractivity contribution in [2.24, 2.45) is 0 Å². The van der Waals surface area contributed by atoms with Gasteiger partial charge in [-0.25, -0.2) is 4.39 Å². The molecule has 0 spiro atoms. The first-order chi connectivity index (χ1) is 12.7. The summed E-state index contributed by atoms with van der Waals surface area (Å²) in [5.41, 5.74) is 1.58. The summed E-state index contributed by atoms with van der Waals surface area (Å²) < 4.78 is 19.4. The molecule has 6 heteroatoms. The summed E-state index contributed by atoms with van der Waals surface area (Å²) in [7, 11) is 0. The molecule has 0 atom stereocenters. The number of benzene rings is 2. The van der Waals surface area contributed by atoms with Gasteiger partial charge in [0.2, 0.25) is 0 Å². The zero-order valence-electron chi connectivity index (χ0n) is 14.8. The lowest BCUT2D eigenvalue weighted by atomic mass is 10.2. The van der Waals surface area contributed by atoms with Crippen LogP contribution in [-0.4, -0.2) is 44.2 Å². The fraction of sp³-hybridized carbons (Fsp3) is 0.400. The molecule has 0 amide bonds. The number of hydrogen-bond donors (Lipinski definition) is 2. The SMILES string of the molecule is Fc1cccc(Cl)c1COc1ccc(CNCCN2CCNCC2)cc1. The van der Waals surface area contributed by atoms with Crippen LogP contribution >= 0.6 is 11.6 Å². The molecule has 0 aromatic heterocycles. The predicted octanol–water partition coefficient (Wildman–Crippen LogP) is 3.05. The molecule has 0 radical (unpaired) electrons. The van der Waals surface area contributed by atoms with Crippen molar-refractivity contribution in [1.82, 2.24) is 15.5 Å². The number of rotatable bonds is 8. The van der Waals surface area contributed by atoms with Gasteiger partial charge in [-0.2, -0.15) is 0 Å². The lowest BCUT2D eigenvalue weighted by molar-refractivity contribution is 0.241. The lowest BCUT2D eigenvalue weighted by Crippen LogP contribution is -2.45. The Labute approximate surface area is 159 Å². The third-order valence-electron chi connectivity index (χ3n) is 4.51. The van der Waals surface area contributed by atoms with E-state index in [1.165, 1.54) is 11.6 Å². The van der Waals surface area contributed by atoms with Crippen molar-refractivity contribution in [3.05, 3.63) is 64.4 Å². The van der Waals surface area contributed by atoms with Gasteiger partial charge in [0.15, 0.2) is 0 Å². The van der Waals surface area contributed by atoms with Gasteiger partial charge in [-0.15, -0.1) is 0 Å². The highest BCUT2D eigenvalue weighted by atomic mass is 35.5. The average molecular weight is 378 g/mol. The number of piperazine rings is 1. The van der Waals surface area contributed by atoms with Gasteiger partial charge in [0.25, 0.3) is 0 Å². The normalized spacial score (nSPS) is 15.2. The van der Waals surface area contributed by atoms with Crippen LogP contribution in [0.3, 0.4) is 0 Å². The monoisotopic (exact) mass is 377 g/mol. The van der Waals surface area contributed by atoms with Crippen LogP contribution in [0.1, 0.15) is 11.1 Å². The van der Waals surface area contributed by atoms with Crippen molar-refractivity contribution < 1.29 is 9.13 Å². The number of nitrogens with zero attached hydrogens (tertiary/aromatic N) is 1. The zero-order valence-corrected chi connectivity index (χ0v) is 15.6. The smallest absolute Gasteiger partial charge is 0.131 e. The van der Waals surface area contributed by atoms with Crippen LogP contribution in [0.15, 0.2) is 42.5 Å². The molecule has 1 fully saturated rings. The lowest BCUT2D eigenvalue weighted by Gasteiger charge is -2.27. The van der Waals surface area contributed by atoms with Crippen molar-refractivity contribution in [3.8, 4) is 5.75 Å². The third-order valence-corrected chi connectivity index (χ3v) is 4.87. The van der Waals surface area contributed by atoms with Gasteiger partial charge in [0.1, 0.15) is 18.2 Å². The Morgan fingerprint density at radius 3 is 2.62 bits per heavy atom. The van der Waals surface area contributed by atoms with Gasteiger partial charge in [-0.3, -0.25) is 4.90 Å². The van der Waals surface area contributed by atoms with Crippen LogP contribution < -0.4 is 15.4 Å². The Morgan fingerprint density at radius 1 is 1.12 bits per heavy atom. The van der Waals surface area contributed by atoms with Gasteiger partial charge < -0.3 is 15.4 Å². The molecule has 140 valence electrons. The second kappa shape index (κ2) is 9.88. The fourth-order valence-electron chi connectivity index (χ4n) is 2.93. The summed E-state index contributed by atoms with van der Waals surface area (Å²) in [6.07, 6.45) is 0. The maximum absolute atomic E-state index is 13.7. The Bertz CT molecular complexity index is 670. The highest BCUT2D eigenvalue weighted by molar-refractivity contribution is 6.31. The maximum Gasteiger partial charge on any atom is 0.131 e. The fourth-order valence-corrected chi connectivity index (χ4v) is 3.15. The van der Waals surface area contributed by atoms with Crippen LogP contribution in [-0.2, 0) is 13.2 Å². The Balaban J connectivity index is 1.40. The van der Waals surface area contributed by atoms with E-state index < -0.39 is 0 Å². The van der Waals surface area contributed by atoms with Crippen LogP contribution in [0.4, 0.5) is 4.39 Å². The summed E-state index contributed by atoms with van der Waals surface area (Å²) in [6, 6.07) is 12.5. The highest BCUT2D eigenvalue weighted by Crippen LogP contribution is 2.21. The van der Waals surface area contributed by atoms with Crippen LogP contribution in [0.5, 0.6) is 5.75 Å². The van der Waals surface area contributed by atoms with E-state index in [9.17, 15) is 4.39 Å². The predicted molar refractivity (Wildman–Crippen MR) is 103 cm³/mol. The zero-order chi connectivity index (χ0) is 18.2. The first kappa shape index (κ1) is 19.1. The molecule has 0 bridgehead atoms. The second-order valence-electron chi connectivity index (χ2n) is 6.40. The van der Waals surface area contributed by atoms with Crippen molar-refractivity contribution in [2.45, 2.75) is 13.2 Å². The summed E-state index contributed by atoms with van der Waals surface area (Å²) in [5, 5.41) is 7.22. The van der Waals surface area contributed by atoms with Crippen LogP contribution in [0.2, 0.25) is 5.02 Å². The summed E-state index contributed by atoms with van der Waals surface area (Å²) in [5.74, 6) is 0.358. The molecule has 1 saturated heterocycles. The van der Waals surface area contributed by atoms with E-state index in [4.69, 9.17) is 16.3 Å². The maximum atomic E-state index is 13.7. The molecule has 1 aliphatic rings. The second-order valence-corrected chi connectivity index (χ2v) is 6.81. The molecular weight excluding hydrogens is 353 g/mol. The molecule has 1 heterocycles. The molecule has 0 saturated carbocycles. The summed E-state index contributed by atoms with van der Waals surface area (Å²) >= 11 is 6.01. The Kier molecular flexibility index (Phi) is 7.26. The molecule has 2 aromatic carbocycles. The van der Waals surface area contributed by atoms with E-state index in [0.717, 1.165) is 45.8 Å². The molecule has 1 aliphatic heterocycles. The van der Waals surface area contributed by atoms with E-state index in [1.54, 1.807) is 12.1 Å². The van der Waals surface area contributed by atoms with Crippen molar-refractivity contribution in [1.29, 1.82) is 0 Å². The van der Waals surface area contributed by atoms with Crippen LogP contribution in [0, 0.1) is 5.82 Å². The van der Waals surface area contributed by atoms with E-state index >= 15 is 0 Å². The molecule has 0 aliphatic carbocycles. The van der Waals surface area contributed by atoms with E-state index in [1.807, 2.05) is 24.3 Å². The molecule has 0 unspecified atom stereocenters. The average Bonchev–Trinajstić information content (AvgIpc) is 2.67. The van der Waals surface area contributed by atoms with Gasteiger partial charge in [0.05, 0.1) is 5.02 Å². The quantitative estimate of drug-likeness (QED) is 0.693. The first-order valence-corrected chi connectivity index (χ1v) is 9.38. The molecular formula is C20H25ClFN3O. The van der Waals surface area contributed by atoms with Crippen molar-refractivity contribution in [3.63, 3.8) is 0 Å². The highest BCUT2D eigenvalue weighted by Gasteiger charge is 2.09. The minimum absolute atomic E-state index is 0.119. The van der Waals surface area contributed by atoms with Gasteiger partial charge in [0, 0.05) is 51.4 Å². The van der Waals surface area contributed by atoms with Gasteiger partial charge in [-0.05, 0) is 29.8 Å². The van der Waals surface area contributed by atoms with E-state index in [0.29, 0.717) is 16.3 Å². The number of hydrogen-bond acceptors (Lipinski definition) is 4. The van der Waals surface area contributed by atoms with Crippen molar-refractivity contribution >= 4 is 11.6 Å². The molecule has 3 rings (SSSR count). The Hall–Kier alpha value is -1.66. The molecule has 26 heavy (non-hydrogen) atoms. The number of halogens is 2. The van der Waals surface area contributed by atoms with E-state index in [-0.39, 0.29) is 12.4 Å². The first-order valence-electron chi connectivity index (χ1n) is 9.01.